The van der Waals surface area contributed by atoms with Gasteiger partial charge in [0.1, 0.15) is 0 Å². The van der Waals surface area contributed by atoms with Crippen LogP contribution >= 0.6 is 0 Å². The van der Waals surface area contributed by atoms with Crippen LogP contribution in [0.25, 0.3) is 0 Å². The van der Waals surface area contributed by atoms with Gasteiger partial charge in [0, 0.05) is 19.3 Å². The molecule has 0 saturated carbocycles. The predicted molar refractivity (Wildman–Crippen MR) is 109 cm³/mol. The van der Waals surface area contributed by atoms with Crippen LogP contribution < -0.4 is 10.5 Å². The first-order valence-corrected chi connectivity index (χ1v) is 12.5. The average Bonchev–Trinajstić information content (AvgIpc) is 3.12. The van der Waals surface area contributed by atoms with Gasteiger partial charge in [-0.2, -0.15) is 0 Å². The van der Waals surface area contributed by atoms with Crippen molar-refractivity contribution >= 4 is 25.5 Å². The summed E-state index contributed by atoms with van der Waals surface area (Å²) in [5.74, 6) is 0. The van der Waals surface area contributed by atoms with Gasteiger partial charge in [0.15, 0.2) is 9.84 Å². The zero-order valence-electron chi connectivity index (χ0n) is 15.8. The molecule has 0 bridgehead atoms. The number of nitrogens with two attached hydrogens (primary N) is 1. The van der Waals surface area contributed by atoms with Crippen molar-refractivity contribution < 1.29 is 16.8 Å². The van der Waals surface area contributed by atoms with Gasteiger partial charge in [-0.15, -0.1) is 0 Å². The SMILES string of the molecule is CS(=O)(=O)c1cc(S(N)(=O)=O)ccc1NCc1ccccc1CN1CCCC1. The normalized spacial score (nSPS) is 15.6. The summed E-state index contributed by atoms with van der Waals surface area (Å²) >= 11 is 0. The third-order valence-electron chi connectivity index (χ3n) is 4.86. The topological polar surface area (TPSA) is 110 Å². The molecular weight excluding hydrogens is 398 g/mol. The molecule has 0 aromatic heterocycles. The Bertz CT molecular complexity index is 1060. The van der Waals surface area contributed by atoms with E-state index in [-0.39, 0.29) is 9.79 Å². The highest BCUT2D eigenvalue weighted by Crippen LogP contribution is 2.26. The lowest BCUT2D eigenvalue weighted by Gasteiger charge is -2.18. The van der Waals surface area contributed by atoms with Crippen molar-refractivity contribution in [1.82, 2.24) is 4.90 Å². The maximum Gasteiger partial charge on any atom is 0.238 e. The van der Waals surface area contributed by atoms with Gasteiger partial charge in [0.25, 0.3) is 0 Å². The molecule has 2 aromatic carbocycles. The van der Waals surface area contributed by atoms with Gasteiger partial charge in [0.2, 0.25) is 10.0 Å². The van der Waals surface area contributed by atoms with Crippen LogP contribution in [-0.4, -0.2) is 41.1 Å². The highest BCUT2D eigenvalue weighted by Gasteiger charge is 2.19. The van der Waals surface area contributed by atoms with Crippen molar-refractivity contribution in [3.63, 3.8) is 0 Å². The van der Waals surface area contributed by atoms with Gasteiger partial charge in [-0.05, 0) is 55.3 Å². The minimum atomic E-state index is -3.99. The van der Waals surface area contributed by atoms with E-state index in [2.05, 4.69) is 16.3 Å². The van der Waals surface area contributed by atoms with Crippen molar-refractivity contribution in [3.8, 4) is 0 Å². The molecule has 1 heterocycles. The molecule has 28 heavy (non-hydrogen) atoms. The lowest BCUT2D eigenvalue weighted by molar-refractivity contribution is 0.330. The van der Waals surface area contributed by atoms with E-state index >= 15 is 0 Å². The van der Waals surface area contributed by atoms with Crippen LogP contribution in [-0.2, 0) is 33.0 Å². The van der Waals surface area contributed by atoms with E-state index in [0.29, 0.717) is 12.2 Å². The number of sulfonamides is 1. The minimum absolute atomic E-state index is 0.0870. The summed E-state index contributed by atoms with van der Waals surface area (Å²) in [5.41, 5.74) is 2.62. The molecule has 1 aliphatic rings. The summed E-state index contributed by atoms with van der Waals surface area (Å²) in [5, 5.41) is 8.28. The number of primary sulfonamides is 1. The van der Waals surface area contributed by atoms with Crippen molar-refractivity contribution in [2.75, 3.05) is 24.7 Å². The number of likely N-dealkylation sites (tertiary alicyclic amines) is 1. The summed E-state index contributed by atoms with van der Waals surface area (Å²) in [6, 6.07) is 11.9. The second-order valence-electron chi connectivity index (χ2n) is 7.08. The Labute approximate surface area is 166 Å². The fraction of sp³-hybridized carbons (Fsp3) is 0.368. The molecule has 0 unspecified atom stereocenters. The van der Waals surface area contributed by atoms with Crippen LogP contribution in [0.15, 0.2) is 52.3 Å². The number of anilines is 1. The number of sulfone groups is 1. The number of nitrogens with zero attached hydrogens (tertiary/aromatic N) is 1. The van der Waals surface area contributed by atoms with Crippen molar-refractivity contribution in [1.29, 1.82) is 0 Å². The summed E-state index contributed by atoms with van der Waals surface area (Å²) in [6.07, 6.45) is 3.48. The fourth-order valence-corrected chi connectivity index (χ4v) is 4.88. The molecule has 0 aliphatic carbocycles. The Hall–Kier alpha value is -1.94. The molecule has 0 atom stereocenters. The van der Waals surface area contributed by atoms with Crippen LogP contribution in [0.1, 0.15) is 24.0 Å². The van der Waals surface area contributed by atoms with E-state index in [4.69, 9.17) is 5.14 Å². The smallest absolute Gasteiger partial charge is 0.238 e. The lowest BCUT2D eigenvalue weighted by Crippen LogP contribution is -2.20. The molecular formula is C19H25N3O4S2. The van der Waals surface area contributed by atoms with Gasteiger partial charge in [-0.3, -0.25) is 4.90 Å². The van der Waals surface area contributed by atoms with E-state index in [0.717, 1.165) is 37.5 Å². The predicted octanol–water partition coefficient (Wildman–Crippen LogP) is 1.95. The molecule has 9 heteroatoms. The zero-order valence-corrected chi connectivity index (χ0v) is 17.4. The average molecular weight is 424 g/mol. The lowest BCUT2D eigenvalue weighted by atomic mass is 10.1. The summed E-state index contributed by atoms with van der Waals surface area (Å²) in [4.78, 5) is 2.09. The molecule has 152 valence electrons. The van der Waals surface area contributed by atoms with E-state index < -0.39 is 19.9 Å². The molecule has 1 aliphatic heterocycles. The molecule has 1 saturated heterocycles. The summed E-state index contributed by atoms with van der Waals surface area (Å²) < 4.78 is 47.5. The maximum atomic E-state index is 12.2. The highest BCUT2D eigenvalue weighted by molar-refractivity contribution is 7.91. The fourth-order valence-electron chi connectivity index (χ4n) is 3.39. The Kier molecular flexibility index (Phi) is 6.09. The van der Waals surface area contributed by atoms with Crippen molar-refractivity contribution in [2.24, 2.45) is 5.14 Å². The molecule has 7 nitrogen and oxygen atoms in total. The number of hydrogen-bond acceptors (Lipinski definition) is 6. The van der Waals surface area contributed by atoms with Crippen molar-refractivity contribution in [3.05, 3.63) is 53.6 Å². The molecule has 3 N–H and O–H groups in total. The first kappa shape index (κ1) is 20.8. The third kappa shape index (κ3) is 5.11. The zero-order chi connectivity index (χ0) is 20.4. The minimum Gasteiger partial charge on any atom is -0.380 e. The van der Waals surface area contributed by atoms with E-state index in [1.807, 2.05) is 18.2 Å². The van der Waals surface area contributed by atoms with Gasteiger partial charge < -0.3 is 5.32 Å². The second kappa shape index (κ2) is 8.20. The summed E-state index contributed by atoms with van der Waals surface area (Å²) in [6.45, 7) is 3.48. The maximum absolute atomic E-state index is 12.2. The van der Waals surface area contributed by atoms with Gasteiger partial charge >= 0.3 is 0 Å². The van der Waals surface area contributed by atoms with Crippen LogP contribution in [0.2, 0.25) is 0 Å². The van der Waals surface area contributed by atoms with Crippen LogP contribution in [0.4, 0.5) is 5.69 Å². The van der Waals surface area contributed by atoms with E-state index in [9.17, 15) is 16.8 Å². The van der Waals surface area contributed by atoms with E-state index in [1.165, 1.54) is 30.5 Å². The first-order valence-electron chi connectivity index (χ1n) is 9.04. The van der Waals surface area contributed by atoms with Gasteiger partial charge in [-0.1, -0.05) is 24.3 Å². The molecule has 3 rings (SSSR count). The largest absolute Gasteiger partial charge is 0.380 e. The van der Waals surface area contributed by atoms with Gasteiger partial charge in [0.05, 0.1) is 15.5 Å². The highest BCUT2D eigenvalue weighted by atomic mass is 32.2. The first-order chi connectivity index (χ1) is 13.1. The van der Waals surface area contributed by atoms with Crippen LogP contribution in [0, 0.1) is 0 Å². The molecule has 2 aromatic rings. The molecule has 0 radical (unpaired) electrons. The van der Waals surface area contributed by atoms with Gasteiger partial charge in [-0.25, -0.2) is 22.0 Å². The number of rotatable bonds is 7. The Morgan fingerprint density at radius 1 is 1.00 bits per heavy atom. The van der Waals surface area contributed by atoms with Crippen LogP contribution in [0.3, 0.4) is 0 Å². The number of hydrogen-bond donors (Lipinski definition) is 2. The number of benzene rings is 2. The quantitative estimate of drug-likeness (QED) is 0.704. The third-order valence-corrected chi connectivity index (χ3v) is 6.91. The standard InChI is InChI=1S/C19H25N3O4S2/c1-27(23,24)19-12-17(28(20,25)26)8-9-18(19)21-13-15-6-2-3-7-16(15)14-22-10-4-5-11-22/h2-3,6-9,12,21H,4-5,10-11,13-14H2,1H3,(H2,20,25,26). The monoisotopic (exact) mass is 423 g/mol. The molecule has 0 spiro atoms. The Morgan fingerprint density at radius 3 is 2.25 bits per heavy atom. The number of nitrogens with one attached hydrogen (secondary N) is 1. The second-order valence-corrected chi connectivity index (χ2v) is 10.6. The molecule has 0 amide bonds. The Morgan fingerprint density at radius 2 is 1.64 bits per heavy atom. The molecule has 1 fully saturated rings. The van der Waals surface area contributed by atoms with Crippen molar-refractivity contribution in [2.45, 2.75) is 35.7 Å². The van der Waals surface area contributed by atoms with Crippen LogP contribution in [0.5, 0.6) is 0 Å². The summed E-state index contributed by atoms with van der Waals surface area (Å²) in [7, 11) is -7.63. The Balaban J connectivity index is 1.85. The van der Waals surface area contributed by atoms with E-state index in [1.54, 1.807) is 0 Å².